The van der Waals surface area contributed by atoms with Crippen LogP contribution < -0.4 is 10.2 Å². The highest BCUT2D eigenvalue weighted by Crippen LogP contribution is 2.38. The summed E-state index contributed by atoms with van der Waals surface area (Å²) in [4.78, 5) is 25.8. The van der Waals surface area contributed by atoms with Crippen molar-refractivity contribution in [3.8, 4) is 0 Å². The molecule has 40 heavy (non-hydrogen) atoms. The number of halogens is 6. The zero-order valence-electron chi connectivity index (χ0n) is 21.5. The van der Waals surface area contributed by atoms with Crippen molar-refractivity contribution >= 4 is 45.8 Å². The molecule has 0 aliphatic carbocycles. The van der Waals surface area contributed by atoms with Crippen molar-refractivity contribution in [2.45, 2.75) is 45.3 Å². The summed E-state index contributed by atoms with van der Waals surface area (Å²) in [6, 6.07) is 5.72. The number of fused-ring (bicyclic) bond motifs is 3. The van der Waals surface area contributed by atoms with Crippen LogP contribution in [0.5, 0.6) is 0 Å². The van der Waals surface area contributed by atoms with Crippen LogP contribution >= 0.6 is 11.6 Å². The molecule has 1 aromatic carbocycles. The Morgan fingerprint density at radius 1 is 1.23 bits per heavy atom. The van der Waals surface area contributed by atoms with Gasteiger partial charge in [0.15, 0.2) is 11.4 Å². The van der Waals surface area contributed by atoms with Gasteiger partial charge in [0.05, 0.1) is 17.2 Å². The lowest BCUT2D eigenvalue weighted by atomic mass is 9.96. The third-order valence-electron chi connectivity index (χ3n) is 7.06. The highest BCUT2D eigenvalue weighted by atomic mass is 35.5. The van der Waals surface area contributed by atoms with E-state index in [1.807, 2.05) is 0 Å². The van der Waals surface area contributed by atoms with E-state index in [0.29, 0.717) is 22.0 Å². The van der Waals surface area contributed by atoms with Crippen LogP contribution in [0.4, 0.5) is 33.6 Å². The second-order valence-electron chi connectivity index (χ2n) is 10.0. The molecule has 1 fully saturated rings. The van der Waals surface area contributed by atoms with E-state index >= 15 is 0 Å². The SMILES string of the molecule is Cc1cc([C@@H](C)Nc2ccc(Cl)nc2C(=O)O)c2nc(N3CCC(F)(F)C(C)C3)n3cc(C(F)(F)F)nc3c2c1. The highest BCUT2D eigenvalue weighted by molar-refractivity contribution is 6.29. The number of aryl methyl sites for hydroxylation is 1. The normalized spacial score (nSPS) is 18.3. The van der Waals surface area contributed by atoms with E-state index in [1.165, 1.54) is 23.5 Å². The van der Waals surface area contributed by atoms with Crippen LogP contribution in [0.2, 0.25) is 5.15 Å². The van der Waals surface area contributed by atoms with E-state index in [2.05, 4.69) is 15.3 Å². The largest absolute Gasteiger partial charge is 0.476 e. The van der Waals surface area contributed by atoms with Crippen LogP contribution in [0.15, 0.2) is 30.5 Å². The molecule has 0 amide bonds. The summed E-state index contributed by atoms with van der Waals surface area (Å²) >= 11 is 5.87. The summed E-state index contributed by atoms with van der Waals surface area (Å²) in [6.07, 6.45) is -4.39. The average Bonchev–Trinajstić information content (AvgIpc) is 3.32. The zero-order chi connectivity index (χ0) is 29.1. The number of hydrogen-bond donors (Lipinski definition) is 2. The summed E-state index contributed by atoms with van der Waals surface area (Å²) in [7, 11) is 0. The maximum atomic E-state index is 14.3. The van der Waals surface area contributed by atoms with Gasteiger partial charge in [0.25, 0.3) is 5.92 Å². The fourth-order valence-electron chi connectivity index (χ4n) is 4.96. The molecule has 1 unspecified atom stereocenters. The number of carboxylic acids is 1. The van der Waals surface area contributed by atoms with Gasteiger partial charge in [-0.15, -0.1) is 0 Å². The van der Waals surface area contributed by atoms with E-state index < -0.39 is 42.1 Å². The lowest BCUT2D eigenvalue weighted by molar-refractivity contribution is -0.140. The van der Waals surface area contributed by atoms with Crippen LogP contribution in [-0.4, -0.2) is 49.4 Å². The molecule has 1 saturated heterocycles. The van der Waals surface area contributed by atoms with Gasteiger partial charge in [-0.25, -0.2) is 28.5 Å². The number of carbonyl (C=O) groups is 1. The van der Waals surface area contributed by atoms with E-state index in [0.717, 1.165) is 6.20 Å². The summed E-state index contributed by atoms with van der Waals surface area (Å²) < 4.78 is 71.0. The fraction of sp³-hybridized carbons (Fsp3) is 0.385. The standard InChI is InChI=1S/C26H24ClF5N6O2/c1-12-8-15(14(3)33-17-4-5-19(27)35-21(17)23(39)40)20-16(9-12)22-34-18(26(30,31)32)11-38(22)24(36-20)37-7-6-25(28,29)13(2)10-37/h4-5,8-9,11,13-14,33H,6-7,10H2,1-3H3,(H,39,40)/t13?,14-/m1/s1. The van der Waals surface area contributed by atoms with Gasteiger partial charge in [-0.3, -0.25) is 4.40 Å². The molecule has 14 heteroatoms. The first-order valence-corrected chi connectivity index (χ1v) is 12.7. The molecule has 3 aromatic heterocycles. The first-order chi connectivity index (χ1) is 18.7. The predicted octanol–water partition coefficient (Wildman–Crippen LogP) is 6.61. The molecule has 1 aliphatic rings. The Morgan fingerprint density at radius 3 is 2.60 bits per heavy atom. The van der Waals surface area contributed by atoms with E-state index in [9.17, 15) is 31.9 Å². The number of aromatic nitrogens is 4. The number of pyridine rings is 1. The molecule has 0 spiro atoms. The molecule has 8 nitrogen and oxygen atoms in total. The van der Waals surface area contributed by atoms with Crippen molar-refractivity contribution in [3.63, 3.8) is 0 Å². The maximum Gasteiger partial charge on any atom is 0.434 e. The Kier molecular flexibility index (Phi) is 6.76. The van der Waals surface area contributed by atoms with Gasteiger partial charge in [0.2, 0.25) is 5.95 Å². The quantitative estimate of drug-likeness (QED) is 0.202. The number of alkyl halides is 5. The highest BCUT2D eigenvalue weighted by Gasteiger charge is 2.42. The molecule has 1 aliphatic heterocycles. The Hall–Kier alpha value is -3.74. The Balaban J connectivity index is 1.70. The minimum Gasteiger partial charge on any atom is -0.476 e. The van der Waals surface area contributed by atoms with Crippen molar-refractivity contribution < 1.29 is 31.9 Å². The summed E-state index contributed by atoms with van der Waals surface area (Å²) in [5.74, 6) is -5.20. The van der Waals surface area contributed by atoms with Crippen LogP contribution in [0, 0.1) is 12.8 Å². The van der Waals surface area contributed by atoms with Crippen molar-refractivity contribution in [2.24, 2.45) is 5.92 Å². The van der Waals surface area contributed by atoms with E-state index in [4.69, 9.17) is 16.6 Å². The van der Waals surface area contributed by atoms with Gasteiger partial charge < -0.3 is 15.3 Å². The number of nitrogens with one attached hydrogen (secondary N) is 1. The number of aromatic carboxylic acids is 1. The number of nitrogens with zero attached hydrogens (tertiary/aromatic N) is 5. The lowest BCUT2D eigenvalue weighted by Gasteiger charge is -2.37. The van der Waals surface area contributed by atoms with E-state index in [-0.39, 0.29) is 41.2 Å². The number of carboxylic acid groups (broad SMARTS) is 1. The molecule has 212 valence electrons. The molecule has 2 N–H and O–H groups in total. The van der Waals surface area contributed by atoms with Gasteiger partial charge in [0.1, 0.15) is 10.8 Å². The van der Waals surface area contributed by atoms with Crippen LogP contribution in [-0.2, 0) is 6.18 Å². The number of rotatable bonds is 5. The number of anilines is 2. The molecule has 2 atom stereocenters. The number of imidazole rings is 1. The molecule has 0 radical (unpaired) electrons. The molecule has 5 rings (SSSR count). The maximum absolute atomic E-state index is 14.3. The number of piperidine rings is 1. The first kappa shape index (κ1) is 27.8. The molecule has 4 aromatic rings. The summed E-state index contributed by atoms with van der Waals surface area (Å²) in [5, 5.41) is 13.0. The Bertz CT molecular complexity index is 1640. The Morgan fingerprint density at radius 2 is 1.95 bits per heavy atom. The van der Waals surface area contributed by atoms with Gasteiger partial charge in [0, 0.05) is 42.6 Å². The monoisotopic (exact) mass is 582 g/mol. The molecule has 0 bridgehead atoms. The smallest absolute Gasteiger partial charge is 0.434 e. The topological polar surface area (TPSA) is 95.6 Å². The van der Waals surface area contributed by atoms with Gasteiger partial charge in [-0.2, -0.15) is 13.2 Å². The second-order valence-corrected chi connectivity index (χ2v) is 10.4. The molecule has 4 heterocycles. The second kappa shape index (κ2) is 9.72. The third-order valence-corrected chi connectivity index (χ3v) is 7.27. The van der Waals surface area contributed by atoms with Crippen molar-refractivity contribution in [1.29, 1.82) is 0 Å². The number of hydrogen-bond acceptors (Lipinski definition) is 6. The van der Waals surface area contributed by atoms with E-state index in [1.54, 1.807) is 30.9 Å². The molecular formula is C26H24ClF5N6O2. The predicted molar refractivity (Wildman–Crippen MR) is 139 cm³/mol. The minimum atomic E-state index is -4.74. The van der Waals surface area contributed by atoms with Gasteiger partial charge in [-0.1, -0.05) is 24.6 Å². The van der Waals surface area contributed by atoms with Crippen molar-refractivity contribution in [3.05, 3.63) is 58.1 Å². The van der Waals surface area contributed by atoms with Crippen molar-refractivity contribution in [1.82, 2.24) is 19.4 Å². The number of benzene rings is 1. The molecular weight excluding hydrogens is 559 g/mol. The minimum absolute atomic E-state index is 0.00794. The zero-order valence-corrected chi connectivity index (χ0v) is 22.3. The van der Waals surface area contributed by atoms with Crippen LogP contribution in [0.1, 0.15) is 53.6 Å². The third kappa shape index (κ3) is 4.98. The van der Waals surface area contributed by atoms with Crippen LogP contribution in [0.25, 0.3) is 16.6 Å². The fourth-order valence-corrected chi connectivity index (χ4v) is 5.11. The van der Waals surface area contributed by atoms with Crippen LogP contribution in [0.3, 0.4) is 0 Å². The van der Waals surface area contributed by atoms with Gasteiger partial charge in [-0.05, 0) is 37.6 Å². The lowest BCUT2D eigenvalue weighted by Crippen LogP contribution is -2.46. The average molecular weight is 583 g/mol. The summed E-state index contributed by atoms with van der Waals surface area (Å²) in [5.41, 5.74) is 0.252. The first-order valence-electron chi connectivity index (χ1n) is 12.4. The Labute approximate surface area is 229 Å². The summed E-state index contributed by atoms with van der Waals surface area (Å²) in [6.45, 7) is 4.65. The van der Waals surface area contributed by atoms with Gasteiger partial charge >= 0.3 is 12.1 Å². The van der Waals surface area contributed by atoms with Crippen molar-refractivity contribution in [2.75, 3.05) is 23.3 Å². The molecule has 0 saturated carbocycles.